The molecule has 0 aromatic rings. The molecule has 18 heavy (non-hydrogen) atoms. The summed E-state index contributed by atoms with van der Waals surface area (Å²) in [7, 11) is 0. The van der Waals surface area contributed by atoms with E-state index < -0.39 is 11.9 Å². The van der Waals surface area contributed by atoms with Crippen molar-refractivity contribution < 1.29 is 34.0 Å². The van der Waals surface area contributed by atoms with E-state index in [0.717, 1.165) is 0 Å². The number of carbonyl (C=O) groups is 2. The average Bonchev–Trinajstić information content (AvgIpc) is 2.27. The van der Waals surface area contributed by atoms with Crippen molar-refractivity contribution in [2.45, 2.75) is 38.1 Å². The molecule has 3 atom stereocenters. The third-order valence-corrected chi connectivity index (χ3v) is 2.65. The van der Waals surface area contributed by atoms with Gasteiger partial charge in [-0.2, -0.15) is 0 Å². The van der Waals surface area contributed by atoms with E-state index in [1.54, 1.807) is 6.92 Å². The SMILES string of the molecule is C[C@@H]1O[C@H](COCC(=O)O)CC[C@H]1OCC(=O)O. The van der Waals surface area contributed by atoms with Gasteiger partial charge in [-0.1, -0.05) is 0 Å². The molecule has 1 heterocycles. The van der Waals surface area contributed by atoms with Crippen LogP contribution in [0.3, 0.4) is 0 Å². The molecule has 0 unspecified atom stereocenters. The minimum absolute atomic E-state index is 0.163. The molecule has 0 saturated carbocycles. The maximum Gasteiger partial charge on any atom is 0.329 e. The van der Waals surface area contributed by atoms with Crippen LogP contribution in [0, 0.1) is 0 Å². The van der Waals surface area contributed by atoms with E-state index in [1.807, 2.05) is 0 Å². The number of hydrogen-bond donors (Lipinski definition) is 2. The summed E-state index contributed by atoms with van der Waals surface area (Å²) in [5.74, 6) is -2.02. The van der Waals surface area contributed by atoms with Crippen molar-refractivity contribution in [2.24, 2.45) is 0 Å². The van der Waals surface area contributed by atoms with E-state index in [0.29, 0.717) is 12.8 Å². The quantitative estimate of drug-likeness (QED) is 0.672. The zero-order chi connectivity index (χ0) is 13.5. The molecule has 7 nitrogen and oxygen atoms in total. The lowest BCUT2D eigenvalue weighted by Gasteiger charge is -2.34. The molecule has 1 aliphatic rings. The summed E-state index contributed by atoms with van der Waals surface area (Å²) in [4.78, 5) is 20.6. The molecule has 0 aromatic carbocycles. The van der Waals surface area contributed by atoms with Crippen molar-refractivity contribution >= 4 is 11.9 Å². The first-order valence-corrected chi connectivity index (χ1v) is 5.77. The van der Waals surface area contributed by atoms with E-state index in [-0.39, 0.29) is 38.1 Å². The van der Waals surface area contributed by atoms with Gasteiger partial charge in [-0.25, -0.2) is 9.59 Å². The topological polar surface area (TPSA) is 102 Å². The molecular formula is C11H18O7. The van der Waals surface area contributed by atoms with Gasteiger partial charge in [0.25, 0.3) is 0 Å². The van der Waals surface area contributed by atoms with Crippen molar-refractivity contribution in [3.05, 3.63) is 0 Å². The van der Waals surface area contributed by atoms with Gasteiger partial charge in [0.2, 0.25) is 0 Å². The molecule has 0 radical (unpaired) electrons. The first-order valence-electron chi connectivity index (χ1n) is 5.77. The number of ether oxygens (including phenoxy) is 3. The lowest BCUT2D eigenvalue weighted by atomic mass is 10.0. The smallest absolute Gasteiger partial charge is 0.329 e. The van der Waals surface area contributed by atoms with Crippen LogP contribution >= 0.6 is 0 Å². The number of carboxylic acids is 2. The molecule has 7 heteroatoms. The Hall–Kier alpha value is -1.18. The van der Waals surface area contributed by atoms with Crippen LogP contribution in [0.2, 0.25) is 0 Å². The van der Waals surface area contributed by atoms with Gasteiger partial charge in [0.15, 0.2) is 0 Å². The number of hydrogen-bond acceptors (Lipinski definition) is 5. The van der Waals surface area contributed by atoms with E-state index in [1.165, 1.54) is 0 Å². The summed E-state index contributed by atoms with van der Waals surface area (Å²) in [6.07, 6.45) is 0.710. The summed E-state index contributed by atoms with van der Waals surface area (Å²) in [5.41, 5.74) is 0. The minimum atomic E-state index is -1.01. The minimum Gasteiger partial charge on any atom is -0.480 e. The summed E-state index contributed by atoms with van der Waals surface area (Å²) in [6.45, 7) is 1.35. The summed E-state index contributed by atoms with van der Waals surface area (Å²) in [6, 6.07) is 0. The molecule has 0 aliphatic carbocycles. The Kier molecular flexibility index (Phi) is 6.03. The summed E-state index contributed by atoms with van der Waals surface area (Å²) in [5, 5.41) is 16.9. The normalized spacial score (nSPS) is 27.9. The highest BCUT2D eigenvalue weighted by Gasteiger charge is 2.29. The van der Waals surface area contributed by atoms with Gasteiger partial charge in [-0.3, -0.25) is 0 Å². The van der Waals surface area contributed by atoms with E-state index in [2.05, 4.69) is 0 Å². The van der Waals surface area contributed by atoms with Gasteiger partial charge in [-0.05, 0) is 19.8 Å². The fourth-order valence-corrected chi connectivity index (χ4v) is 1.84. The highest BCUT2D eigenvalue weighted by Crippen LogP contribution is 2.22. The van der Waals surface area contributed by atoms with Crippen molar-refractivity contribution in [3.8, 4) is 0 Å². The molecule has 1 fully saturated rings. The Labute approximate surface area is 105 Å². The van der Waals surface area contributed by atoms with Crippen LogP contribution < -0.4 is 0 Å². The van der Waals surface area contributed by atoms with Crippen LogP contribution in [0.4, 0.5) is 0 Å². The Morgan fingerprint density at radius 3 is 2.44 bits per heavy atom. The van der Waals surface area contributed by atoms with Gasteiger partial charge in [0, 0.05) is 0 Å². The Balaban J connectivity index is 2.23. The molecule has 0 aromatic heterocycles. The van der Waals surface area contributed by atoms with E-state index >= 15 is 0 Å². The van der Waals surface area contributed by atoms with Gasteiger partial charge in [0.1, 0.15) is 13.2 Å². The Bertz CT molecular complexity index is 291. The fraction of sp³-hybridized carbons (Fsp3) is 0.818. The van der Waals surface area contributed by atoms with Crippen molar-refractivity contribution in [1.29, 1.82) is 0 Å². The number of aliphatic carboxylic acids is 2. The van der Waals surface area contributed by atoms with E-state index in [4.69, 9.17) is 24.4 Å². The van der Waals surface area contributed by atoms with Crippen LogP contribution in [-0.4, -0.2) is 60.3 Å². The lowest BCUT2D eigenvalue weighted by Crippen LogP contribution is -2.41. The average molecular weight is 262 g/mol. The number of carboxylic acid groups (broad SMARTS) is 2. The molecule has 2 N–H and O–H groups in total. The van der Waals surface area contributed by atoms with Crippen LogP contribution in [0.1, 0.15) is 19.8 Å². The molecule has 1 saturated heterocycles. The largest absolute Gasteiger partial charge is 0.480 e. The molecule has 1 aliphatic heterocycles. The van der Waals surface area contributed by atoms with Crippen molar-refractivity contribution in [3.63, 3.8) is 0 Å². The lowest BCUT2D eigenvalue weighted by molar-refractivity contribution is -0.166. The van der Waals surface area contributed by atoms with Crippen molar-refractivity contribution in [2.75, 3.05) is 19.8 Å². The highest BCUT2D eigenvalue weighted by atomic mass is 16.6. The van der Waals surface area contributed by atoms with Gasteiger partial charge in [0.05, 0.1) is 24.9 Å². The number of rotatable bonds is 7. The fourth-order valence-electron chi connectivity index (χ4n) is 1.84. The van der Waals surface area contributed by atoms with E-state index in [9.17, 15) is 9.59 Å². The monoisotopic (exact) mass is 262 g/mol. The zero-order valence-electron chi connectivity index (χ0n) is 10.2. The highest BCUT2D eigenvalue weighted by molar-refractivity contribution is 5.68. The molecule has 0 bridgehead atoms. The molecule has 104 valence electrons. The van der Waals surface area contributed by atoms with Crippen molar-refractivity contribution in [1.82, 2.24) is 0 Å². The van der Waals surface area contributed by atoms with Crippen LogP contribution in [0.25, 0.3) is 0 Å². The first kappa shape index (κ1) is 14.9. The third-order valence-electron chi connectivity index (χ3n) is 2.65. The summed E-state index contributed by atoms with van der Waals surface area (Å²) < 4.78 is 15.7. The molecule has 0 amide bonds. The second-order valence-corrected chi connectivity index (χ2v) is 4.19. The zero-order valence-corrected chi connectivity index (χ0v) is 10.2. The Morgan fingerprint density at radius 1 is 1.22 bits per heavy atom. The molecule has 1 rings (SSSR count). The summed E-state index contributed by atoms with van der Waals surface area (Å²) >= 11 is 0. The Morgan fingerprint density at radius 2 is 1.89 bits per heavy atom. The maximum atomic E-state index is 10.4. The first-order chi connectivity index (χ1) is 8.49. The van der Waals surface area contributed by atoms with Gasteiger partial charge >= 0.3 is 11.9 Å². The van der Waals surface area contributed by atoms with Crippen LogP contribution in [0.5, 0.6) is 0 Å². The van der Waals surface area contributed by atoms with Gasteiger partial charge in [-0.15, -0.1) is 0 Å². The maximum absolute atomic E-state index is 10.4. The molecular weight excluding hydrogens is 244 g/mol. The second-order valence-electron chi connectivity index (χ2n) is 4.19. The predicted octanol–water partition coefficient (Wildman–Crippen LogP) is 0.125. The van der Waals surface area contributed by atoms with Crippen LogP contribution in [-0.2, 0) is 23.8 Å². The molecule has 0 spiro atoms. The predicted molar refractivity (Wildman–Crippen MR) is 59.4 cm³/mol. The van der Waals surface area contributed by atoms with Gasteiger partial charge < -0.3 is 24.4 Å². The second kappa shape index (κ2) is 7.30. The van der Waals surface area contributed by atoms with Crippen LogP contribution in [0.15, 0.2) is 0 Å². The standard InChI is InChI=1S/C11H18O7/c1-7-9(17-6-11(14)15)3-2-8(18-7)4-16-5-10(12)13/h7-9H,2-6H2,1H3,(H,12,13)(H,14,15)/t7-,8-,9+/m0/s1. The third kappa shape index (κ3) is 5.44.